The first-order valence-electron chi connectivity index (χ1n) is 6.67. The molecule has 0 fully saturated rings. The number of nitrogens with two attached hydrogens (primary N) is 1. The van der Waals surface area contributed by atoms with Gasteiger partial charge in [-0.3, -0.25) is 4.79 Å². The molecule has 0 aliphatic carbocycles. The van der Waals surface area contributed by atoms with E-state index in [1.54, 1.807) is 0 Å². The molecule has 1 aromatic carbocycles. The zero-order valence-electron chi connectivity index (χ0n) is 12.5. The van der Waals surface area contributed by atoms with Gasteiger partial charge in [0, 0.05) is 6.20 Å². The molecule has 0 unspecified atom stereocenters. The number of halogens is 6. The van der Waals surface area contributed by atoms with Crippen molar-refractivity contribution < 1.29 is 35.9 Å². The molecule has 2 rings (SSSR count). The number of ether oxygens (including phenoxy) is 1. The van der Waals surface area contributed by atoms with Crippen molar-refractivity contribution >= 4 is 5.91 Å². The predicted molar refractivity (Wildman–Crippen MR) is 73.4 cm³/mol. The van der Waals surface area contributed by atoms with Crippen LogP contribution in [0.25, 0.3) is 5.69 Å². The highest BCUT2D eigenvalue weighted by molar-refractivity contribution is 5.93. The molecule has 0 bridgehead atoms. The van der Waals surface area contributed by atoms with Crippen molar-refractivity contribution in [2.75, 3.05) is 0 Å². The summed E-state index contributed by atoms with van der Waals surface area (Å²) in [6.45, 7) is 1.28. The summed E-state index contributed by atoms with van der Waals surface area (Å²) in [5.41, 5.74) is 3.05. The fourth-order valence-corrected chi connectivity index (χ4v) is 1.99. The molecule has 0 aliphatic rings. The van der Waals surface area contributed by atoms with Gasteiger partial charge in [-0.05, 0) is 18.6 Å². The molecular weight excluding hydrogens is 356 g/mol. The lowest BCUT2D eigenvalue weighted by Gasteiger charge is -2.20. The maximum atomic E-state index is 13.3. The molecular formula is C14H11F6N3O2. The van der Waals surface area contributed by atoms with Gasteiger partial charge < -0.3 is 10.5 Å². The highest BCUT2D eigenvalue weighted by Crippen LogP contribution is 2.35. The summed E-state index contributed by atoms with van der Waals surface area (Å²) in [6, 6.07) is 3.75. The Morgan fingerprint density at radius 2 is 1.92 bits per heavy atom. The van der Waals surface area contributed by atoms with Gasteiger partial charge in [0.25, 0.3) is 12.3 Å². The molecule has 1 aromatic heterocycles. The standard InChI is InChI=1S/C14H11F6N3O2/c1-6-3-2-4-8(10(6)25-14(19,20)13(17)18)23-5-7(12(21)24)9(22-23)11(15)16/h2-5,11,13H,1H3,(H2,21,24). The minimum Gasteiger partial charge on any atom is -0.426 e. The van der Waals surface area contributed by atoms with E-state index < -0.39 is 41.9 Å². The monoisotopic (exact) mass is 367 g/mol. The van der Waals surface area contributed by atoms with Crippen molar-refractivity contribution in [3.63, 3.8) is 0 Å². The molecule has 5 nitrogen and oxygen atoms in total. The molecule has 1 amide bonds. The van der Waals surface area contributed by atoms with Crippen LogP contribution in [-0.4, -0.2) is 28.2 Å². The maximum Gasteiger partial charge on any atom is 0.461 e. The van der Waals surface area contributed by atoms with E-state index in [0.717, 1.165) is 12.3 Å². The highest BCUT2D eigenvalue weighted by Gasteiger charge is 2.45. The minimum atomic E-state index is -4.81. The van der Waals surface area contributed by atoms with E-state index in [2.05, 4.69) is 9.84 Å². The maximum absolute atomic E-state index is 13.3. The number of hydrogen-bond donors (Lipinski definition) is 1. The number of aromatic nitrogens is 2. The first-order valence-corrected chi connectivity index (χ1v) is 6.67. The first-order chi connectivity index (χ1) is 11.5. The molecule has 11 heteroatoms. The van der Waals surface area contributed by atoms with E-state index in [9.17, 15) is 31.1 Å². The van der Waals surface area contributed by atoms with Crippen molar-refractivity contribution in [2.45, 2.75) is 25.9 Å². The molecule has 0 spiro atoms. The van der Waals surface area contributed by atoms with E-state index in [0.29, 0.717) is 4.68 Å². The Hall–Kier alpha value is -2.72. The molecule has 0 saturated heterocycles. The molecule has 2 N–H and O–H groups in total. The Morgan fingerprint density at radius 3 is 2.40 bits per heavy atom. The second-order valence-electron chi connectivity index (χ2n) is 4.93. The third kappa shape index (κ3) is 3.69. The normalized spacial score (nSPS) is 12.0. The van der Waals surface area contributed by atoms with Gasteiger partial charge in [-0.25, -0.2) is 13.5 Å². The van der Waals surface area contributed by atoms with Gasteiger partial charge in [0.15, 0.2) is 5.75 Å². The van der Waals surface area contributed by atoms with Gasteiger partial charge in [-0.15, -0.1) is 0 Å². The van der Waals surface area contributed by atoms with Crippen LogP contribution in [0.5, 0.6) is 5.75 Å². The van der Waals surface area contributed by atoms with Crippen LogP contribution in [0.2, 0.25) is 0 Å². The van der Waals surface area contributed by atoms with Crippen LogP contribution in [-0.2, 0) is 0 Å². The van der Waals surface area contributed by atoms with E-state index in [-0.39, 0.29) is 11.3 Å². The lowest BCUT2D eigenvalue weighted by molar-refractivity contribution is -0.253. The Morgan fingerprint density at radius 1 is 1.28 bits per heavy atom. The van der Waals surface area contributed by atoms with Gasteiger partial charge in [-0.2, -0.15) is 22.7 Å². The Labute approximate surface area is 137 Å². The summed E-state index contributed by atoms with van der Waals surface area (Å²) in [7, 11) is 0. The Balaban J connectivity index is 2.59. The van der Waals surface area contributed by atoms with Crippen molar-refractivity contribution in [1.82, 2.24) is 9.78 Å². The number of carbonyl (C=O) groups is 1. The number of benzene rings is 1. The average molecular weight is 367 g/mol. The van der Waals surface area contributed by atoms with E-state index in [1.807, 2.05) is 0 Å². The summed E-state index contributed by atoms with van der Waals surface area (Å²) in [5.74, 6) is -1.92. The van der Waals surface area contributed by atoms with Gasteiger partial charge in [-0.1, -0.05) is 12.1 Å². The number of hydrogen-bond acceptors (Lipinski definition) is 3. The zero-order valence-corrected chi connectivity index (χ0v) is 12.5. The molecule has 1 heterocycles. The minimum absolute atomic E-state index is 0.0209. The van der Waals surface area contributed by atoms with Crippen LogP contribution in [0, 0.1) is 6.92 Å². The lowest BCUT2D eigenvalue weighted by Crippen LogP contribution is -2.34. The number of carbonyl (C=O) groups excluding carboxylic acids is 1. The molecule has 0 atom stereocenters. The van der Waals surface area contributed by atoms with Crippen LogP contribution in [0.15, 0.2) is 24.4 Å². The number of para-hydroxylation sites is 1. The Kier molecular flexibility index (Phi) is 4.95. The number of primary amides is 1. The van der Waals surface area contributed by atoms with Crippen LogP contribution < -0.4 is 10.5 Å². The van der Waals surface area contributed by atoms with Gasteiger partial charge in [0.05, 0.1) is 5.56 Å². The third-order valence-electron chi connectivity index (χ3n) is 3.15. The van der Waals surface area contributed by atoms with E-state index >= 15 is 0 Å². The molecule has 136 valence electrons. The van der Waals surface area contributed by atoms with Crippen molar-refractivity contribution in [3.05, 3.63) is 41.2 Å². The third-order valence-corrected chi connectivity index (χ3v) is 3.15. The molecule has 0 radical (unpaired) electrons. The number of amides is 1. The van der Waals surface area contributed by atoms with Gasteiger partial charge in [0.1, 0.15) is 11.4 Å². The van der Waals surface area contributed by atoms with Crippen LogP contribution in [0.3, 0.4) is 0 Å². The quantitative estimate of drug-likeness (QED) is 0.795. The molecule has 0 aliphatic heterocycles. The number of rotatable bonds is 6. The zero-order chi connectivity index (χ0) is 18.9. The number of alkyl halides is 6. The first kappa shape index (κ1) is 18.6. The fourth-order valence-electron chi connectivity index (χ4n) is 1.99. The van der Waals surface area contributed by atoms with Crippen LogP contribution >= 0.6 is 0 Å². The second-order valence-corrected chi connectivity index (χ2v) is 4.93. The smallest absolute Gasteiger partial charge is 0.426 e. The van der Waals surface area contributed by atoms with E-state index in [4.69, 9.17) is 5.73 Å². The predicted octanol–water partition coefficient (Wildman–Crippen LogP) is 3.45. The van der Waals surface area contributed by atoms with Crippen molar-refractivity contribution in [1.29, 1.82) is 0 Å². The van der Waals surface area contributed by atoms with Crippen LogP contribution in [0.4, 0.5) is 26.3 Å². The molecule has 2 aromatic rings. The fraction of sp³-hybridized carbons (Fsp3) is 0.286. The SMILES string of the molecule is Cc1cccc(-n2cc(C(N)=O)c(C(F)F)n2)c1OC(F)(F)C(F)F. The van der Waals surface area contributed by atoms with E-state index in [1.165, 1.54) is 19.1 Å². The molecule has 25 heavy (non-hydrogen) atoms. The summed E-state index contributed by atoms with van der Waals surface area (Å²) < 4.78 is 81.9. The largest absolute Gasteiger partial charge is 0.461 e. The Bertz CT molecular complexity index is 791. The average Bonchev–Trinajstić information content (AvgIpc) is 2.94. The van der Waals surface area contributed by atoms with Crippen molar-refractivity contribution in [2.24, 2.45) is 5.73 Å². The summed E-state index contributed by atoms with van der Waals surface area (Å²) in [5, 5.41) is 3.43. The van der Waals surface area contributed by atoms with Crippen LogP contribution in [0.1, 0.15) is 28.0 Å². The highest BCUT2D eigenvalue weighted by atomic mass is 19.3. The number of nitrogens with zero attached hydrogens (tertiary/aromatic N) is 2. The number of aryl methyl sites for hydroxylation is 1. The van der Waals surface area contributed by atoms with Gasteiger partial charge in [0.2, 0.25) is 0 Å². The summed E-state index contributed by atoms with van der Waals surface area (Å²) in [6.07, 6.45) is -11.3. The molecule has 0 saturated carbocycles. The summed E-state index contributed by atoms with van der Waals surface area (Å²) >= 11 is 0. The topological polar surface area (TPSA) is 70.1 Å². The summed E-state index contributed by atoms with van der Waals surface area (Å²) in [4.78, 5) is 11.2. The van der Waals surface area contributed by atoms with Crippen molar-refractivity contribution in [3.8, 4) is 11.4 Å². The second kappa shape index (κ2) is 6.65. The van der Waals surface area contributed by atoms with Gasteiger partial charge >= 0.3 is 12.5 Å². The lowest BCUT2D eigenvalue weighted by atomic mass is 10.2.